The average molecular weight is 662 g/mol. The van der Waals surface area contributed by atoms with Gasteiger partial charge in [0.15, 0.2) is 0 Å². The summed E-state index contributed by atoms with van der Waals surface area (Å²) < 4.78 is 0. The molecular formula is C43H83NO3. The van der Waals surface area contributed by atoms with Gasteiger partial charge in [-0.25, -0.2) is 0 Å². The number of carbonyl (C=O) groups excluding carboxylic acids is 1. The quantitative estimate of drug-likeness (QED) is 0.0455. The van der Waals surface area contributed by atoms with Crippen LogP contribution in [0.15, 0.2) is 24.3 Å². The third kappa shape index (κ3) is 36.0. The fraction of sp³-hybridized carbons (Fsp3) is 0.884. The molecule has 0 bridgehead atoms. The number of aliphatic hydroxyl groups is 2. The first-order valence-electron chi connectivity index (χ1n) is 21.1. The Morgan fingerprint density at radius 2 is 0.830 bits per heavy atom. The largest absolute Gasteiger partial charge is 0.394 e. The van der Waals surface area contributed by atoms with Gasteiger partial charge in [0, 0.05) is 6.42 Å². The molecule has 0 unspecified atom stereocenters. The molecule has 0 aromatic carbocycles. The minimum Gasteiger partial charge on any atom is -0.394 e. The Morgan fingerprint density at radius 3 is 1.23 bits per heavy atom. The molecule has 0 fully saturated rings. The van der Waals surface area contributed by atoms with Crippen molar-refractivity contribution in [2.24, 2.45) is 0 Å². The van der Waals surface area contributed by atoms with Crippen molar-refractivity contribution in [3.63, 3.8) is 0 Å². The third-order valence-corrected chi connectivity index (χ3v) is 9.69. The highest BCUT2D eigenvalue weighted by Gasteiger charge is 2.17. The Kier molecular flexibility index (Phi) is 38.4. The van der Waals surface area contributed by atoms with Crippen LogP contribution >= 0.6 is 0 Å². The molecule has 1 amide bonds. The standard InChI is InChI=1S/C43H83NO3/c1-3-5-7-9-11-13-15-17-19-21-22-23-25-27-29-31-33-35-37-39-43(47)44-41(40-45)42(46)38-36-34-32-30-28-26-24-20-18-16-14-12-10-8-6-4-2/h28,30,36,38,41-42,45-46H,3-27,29,31-35,37,39-40H2,1-2H3,(H,44,47)/b30-28+,38-36+/t41-,42+/m0/s1. The van der Waals surface area contributed by atoms with Crippen LogP contribution in [0.1, 0.15) is 226 Å². The monoisotopic (exact) mass is 662 g/mol. The van der Waals surface area contributed by atoms with Gasteiger partial charge >= 0.3 is 0 Å². The summed E-state index contributed by atoms with van der Waals surface area (Å²) in [6.45, 7) is 4.30. The van der Waals surface area contributed by atoms with Gasteiger partial charge in [-0.3, -0.25) is 4.79 Å². The van der Waals surface area contributed by atoms with Gasteiger partial charge in [0.2, 0.25) is 5.91 Å². The lowest BCUT2D eigenvalue weighted by Crippen LogP contribution is -2.45. The molecule has 0 aliphatic rings. The molecule has 0 heterocycles. The average Bonchev–Trinajstić information content (AvgIpc) is 3.07. The molecule has 3 N–H and O–H groups in total. The molecule has 0 rings (SSSR count). The lowest BCUT2D eigenvalue weighted by Gasteiger charge is -2.19. The van der Waals surface area contributed by atoms with E-state index in [2.05, 4.69) is 31.3 Å². The van der Waals surface area contributed by atoms with E-state index < -0.39 is 12.1 Å². The number of rotatable bonds is 38. The highest BCUT2D eigenvalue weighted by molar-refractivity contribution is 5.76. The molecule has 0 aliphatic carbocycles. The topological polar surface area (TPSA) is 69.6 Å². The van der Waals surface area contributed by atoms with Crippen molar-refractivity contribution < 1.29 is 15.0 Å². The molecule has 0 saturated heterocycles. The van der Waals surface area contributed by atoms with Crippen molar-refractivity contribution in [3.8, 4) is 0 Å². The Labute approximate surface area is 294 Å². The second kappa shape index (κ2) is 39.3. The minimum absolute atomic E-state index is 0.0709. The van der Waals surface area contributed by atoms with Crippen LogP contribution in [-0.4, -0.2) is 34.9 Å². The van der Waals surface area contributed by atoms with E-state index in [1.54, 1.807) is 6.08 Å². The van der Waals surface area contributed by atoms with Crippen LogP contribution in [0.3, 0.4) is 0 Å². The van der Waals surface area contributed by atoms with Crippen molar-refractivity contribution in [1.82, 2.24) is 5.32 Å². The van der Waals surface area contributed by atoms with Gasteiger partial charge in [-0.05, 0) is 32.1 Å². The molecule has 0 spiro atoms. The molecule has 2 atom stereocenters. The molecule has 0 aromatic heterocycles. The Morgan fingerprint density at radius 1 is 0.489 bits per heavy atom. The van der Waals surface area contributed by atoms with Crippen LogP contribution in [0, 0.1) is 0 Å². The third-order valence-electron chi connectivity index (χ3n) is 9.69. The summed E-state index contributed by atoms with van der Waals surface area (Å²) in [6, 6.07) is -0.633. The van der Waals surface area contributed by atoms with Crippen molar-refractivity contribution in [2.45, 2.75) is 238 Å². The van der Waals surface area contributed by atoms with Gasteiger partial charge in [0.25, 0.3) is 0 Å². The van der Waals surface area contributed by atoms with Crippen LogP contribution in [0.4, 0.5) is 0 Å². The van der Waals surface area contributed by atoms with E-state index in [9.17, 15) is 15.0 Å². The van der Waals surface area contributed by atoms with Crippen molar-refractivity contribution in [2.75, 3.05) is 6.61 Å². The Bertz CT molecular complexity index is 676. The maximum Gasteiger partial charge on any atom is 0.220 e. The summed E-state index contributed by atoms with van der Waals surface area (Å²) in [5.41, 5.74) is 0. The van der Waals surface area contributed by atoms with E-state index in [0.717, 1.165) is 32.1 Å². The zero-order valence-electron chi connectivity index (χ0n) is 31.8. The number of nitrogens with one attached hydrogen (secondary N) is 1. The van der Waals surface area contributed by atoms with Crippen molar-refractivity contribution in [3.05, 3.63) is 24.3 Å². The van der Waals surface area contributed by atoms with Crippen LogP contribution < -0.4 is 5.32 Å². The summed E-state index contributed by atoms with van der Waals surface area (Å²) in [4.78, 5) is 12.4. The SMILES string of the molecule is CCCCCCCCCCCC/C=C/CC/C=C/[C@@H](O)[C@H](CO)NC(=O)CCCCCCCCCCCCCCCCCCCCC. The van der Waals surface area contributed by atoms with E-state index in [-0.39, 0.29) is 12.5 Å². The van der Waals surface area contributed by atoms with Crippen LogP contribution in [0.2, 0.25) is 0 Å². The number of allylic oxidation sites excluding steroid dienone is 3. The second-order valence-corrected chi connectivity index (χ2v) is 14.4. The van der Waals surface area contributed by atoms with E-state index in [4.69, 9.17) is 0 Å². The molecule has 0 aromatic rings. The summed E-state index contributed by atoms with van der Waals surface area (Å²) in [6.07, 6.45) is 49.9. The number of aliphatic hydroxyl groups excluding tert-OH is 2. The molecule has 4 nitrogen and oxygen atoms in total. The number of hydrogen-bond acceptors (Lipinski definition) is 3. The molecule has 278 valence electrons. The van der Waals surface area contributed by atoms with E-state index in [0.29, 0.717) is 6.42 Å². The highest BCUT2D eigenvalue weighted by Crippen LogP contribution is 2.15. The van der Waals surface area contributed by atoms with E-state index in [1.165, 1.54) is 173 Å². The highest BCUT2D eigenvalue weighted by atomic mass is 16.3. The first kappa shape index (κ1) is 45.9. The zero-order valence-corrected chi connectivity index (χ0v) is 31.8. The predicted octanol–water partition coefficient (Wildman–Crippen LogP) is 12.8. The Balaban J connectivity index is 3.58. The van der Waals surface area contributed by atoms with Gasteiger partial charge in [-0.15, -0.1) is 0 Å². The molecular weight excluding hydrogens is 578 g/mol. The Hall–Kier alpha value is -1.13. The minimum atomic E-state index is -0.857. The van der Waals surface area contributed by atoms with Crippen molar-refractivity contribution >= 4 is 5.91 Å². The van der Waals surface area contributed by atoms with E-state index >= 15 is 0 Å². The lowest BCUT2D eigenvalue weighted by molar-refractivity contribution is -0.123. The number of amides is 1. The van der Waals surface area contributed by atoms with Gasteiger partial charge in [0.05, 0.1) is 18.8 Å². The molecule has 0 saturated carbocycles. The van der Waals surface area contributed by atoms with Gasteiger partial charge in [-0.1, -0.05) is 212 Å². The summed E-state index contributed by atoms with van der Waals surface area (Å²) in [7, 11) is 0. The molecule has 0 aliphatic heterocycles. The van der Waals surface area contributed by atoms with Crippen LogP contribution in [0.25, 0.3) is 0 Å². The summed E-state index contributed by atoms with van der Waals surface area (Å²) in [5.74, 6) is -0.0709. The normalized spacial score (nSPS) is 13.2. The summed E-state index contributed by atoms with van der Waals surface area (Å²) in [5, 5.41) is 22.9. The molecule has 4 heteroatoms. The number of hydrogen-bond donors (Lipinski definition) is 3. The molecule has 47 heavy (non-hydrogen) atoms. The number of unbranched alkanes of at least 4 members (excludes halogenated alkanes) is 29. The van der Waals surface area contributed by atoms with Crippen LogP contribution in [-0.2, 0) is 4.79 Å². The second-order valence-electron chi connectivity index (χ2n) is 14.4. The fourth-order valence-corrected chi connectivity index (χ4v) is 6.43. The molecule has 0 radical (unpaired) electrons. The predicted molar refractivity (Wildman–Crippen MR) is 207 cm³/mol. The first-order valence-corrected chi connectivity index (χ1v) is 21.1. The smallest absolute Gasteiger partial charge is 0.220 e. The van der Waals surface area contributed by atoms with Gasteiger partial charge in [0.1, 0.15) is 0 Å². The van der Waals surface area contributed by atoms with Gasteiger partial charge < -0.3 is 15.5 Å². The lowest BCUT2D eigenvalue weighted by atomic mass is 10.0. The number of carbonyl (C=O) groups is 1. The first-order chi connectivity index (χ1) is 23.2. The van der Waals surface area contributed by atoms with Crippen molar-refractivity contribution in [1.29, 1.82) is 0 Å². The maximum atomic E-state index is 12.4. The summed E-state index contributed by atoms with van der Waals surface area (Å²) >= 11 is 0. The van der Waals surface area contributed by atoms with Gasteiger partial charge in [-0.2, -0.15) is 0 Å². The zero-order chi connectivity index (χ0) is 34.3. The fourth-order valence-electron chi connectivity index (χ4n) is 6.43. The van der Waals surface area contributed by atoms with Crippen LogP contribution in [0.5, 0.6) is 0 Å². The van der Waals surface area contributed by atoms with E-state index in [1.807, 2.05) is 6.08 Å². The maximum absolute atomic E-state index is 12.4.